The van der Waals surface area contributed by atoms with Gasteiger partial charge in [-0.05, 0) is 42.2 Å². The number of aryl methyl sites for hydroxylation is 2. The van der Waals surface area contributed by atoms with Crippen LogP contribution in [0.25, 0.3) is 44.5 Å². The van der Waals surface area contributed by atoms with Crippen LogP contribution in [0.5, 0.6) is 0 Å². The number of nitrogens with one attached hydrogen (secondary N) is 1. The van der Waals surface area contributed by atoms with E-state index in [1.165, 1.54) is 33.8 Å². The fourth-order valence-corrected chi connectivity index (χ4v) is 8.43. The van der Waals surface area contributed by atoms with Gasteiger partial charge in [-0.15, -0.1) is 5.10 Å². The summed E-state index contributed by atoms with van der Waals surface area (Å²) in [6.07, 6.45) is 3.42. The molecule has 46 heavy (non-hydrogen) atoms. The number of pyridine rings is 1. The van der Waals surface area contributed by atoms with E-state index in [-0.39, 0.29) is 40.1 Å². The number of rotatable bonds is 3. The minimum Gasteiger partial charge on any atom is -0.446 e. The highest BCUT2D eigenvalue weighted by atomic mass is 32.2. The lowest BCUT2D eigenvalue weighted by molar-refractivity contribution is 0.0985. The maximum absolute atomic E-state index is 15.8. The molecule has 0 saturated heterocycles. The molecule has 6 aromatic rings. The zero-order valence-electron chi connectivity index (χ0n) is 24.8. The van der Waals surface area contributed by atoms with Crippen LogP contribution < -0.4 is 11.0 Å². The van der Waals surface area contributed by atoms with E-state index in [9.17, 15) is 18.0 Å². The van der Waals surface area contributed by atoms with Crippen molar-refractivity contribution in [3.05, 3.63) is 89.0 Å². The molecule has 2 atom stereocenters. The van der Waals surface area contributed by atoms with Crippen LogP contribution in [0.15, 0.2) is 76.7 Å². The van der Waals surface area contributed by atoms with Crippen molar-refractivity contribution in [2.45, 2.75) is 42.8 Å². The number of hydrogen-bond donors (Lipinski definition) is 1. The Bertz CT molecular complexity index is 2390. The summed E-state index contributed by atoms with van der Waals surface area (Å²) in [4.78, 5) is 31.4. The maximum Gasteiger partial charge on any atom is 0.407 e. The summed E-state index contributed by atoms with van der Waals surface area (Å²) in [6, 6.07) is 14.7. The van der Waals surface area contributed by atoms with Gasteiger partial charge in [-0.3, -0.25) is 13.8 Å². The van der Waals surface area contributed by atoms with Crippen LogP contribution in [-0.4, -0.2) is 48.5 Å². The van der Waals surface area contributed by atoms with Crippen molar-refractivity contribution < 1.29 is 22.3 Å². The van der Waals surface area contributed by atoms with E-state index >= 15 is 4.39 Å². The third kappa shape index (κ3) is 4.12. The third-order valence-electron chi connectivity index (χ3n) is 8.96. The molecule has 0 spiro atoms. The maximum atomic E-state index is 15.8. The van der Waals surface area contributed by atoms with Gasteiger partial charge in [-0.25, -0.2) is 27.0 Å². The average molecular weight is 642 g/mol. The van der Waals surface area contributed by atoms with Crippen LogP contribution in [-0.2, 0) is 35.4 Å². The lowest BCUT2D eigenvalue weighted by Crippen LogP contribution is -2.29. The molecule has 234 valence electrons. The molecule has 1 N–H and O–H groups in total. The SMILES string of the molecule is Cn1cc(-c2c3c4c(ncc5c4n(c(=O)n5C)[C@@H]4CCC(C4)OC(=O)NCc4cccc-3c4)n2S(=O)(=O)c2ccccc2)c(F)n1. The highest BCUT2D eigenvalue weighted by Gasteiger charge is 2.37. The molecule has 8 rings (SSSR count). The van der Waals surface area contributed by atoms with E-state index in [0.717, 1.165) is 3.97 Å². The minimum atomic E-state index is -4.39. The highest BCUT2D eigenvalue weighted by molar-refractivity contribution is 7.90. The summed E-state index contributed by atoms with van der Waals surface area (Å²) in [7, 11) is -1.20. The van der Waals surface area contributed by atoms with E-state index in [2.05, 4.69) is 15.4 Å². The standard InChI is InChI=1S/C32H28FN7O5S/c1-37-17-23(29(33)36-37)27-25-19-8-6-7-18(13-19)15-35-31(41)45-21-12-11-20(14-21)39-28-24(38(2)32(39)42)16-34-30(26(25)28)40(27)46(43,44)22-9-4-3-5-10-22/h3-10,13,16-17,20-21H,11-12,14-15H2,1-2H3,(H,35,41)/t20-,21?/m1/s1. The second-order valence-electron chi connectivity index (χ2n) is 11.8. The molecule has 5 heterocycles. The highest BCUT2D eigenvalue weighted by Crippen LogP contribution is 2.46. The van der Waals surface area contributed by atoms with Gasteiger partial charge in [0.15, 0.2) is 5.65 Å². The molecule has 0 radical (unpaired) electrons. The van der Waals surface area contributed by atoms with Gasteiger partial charge in [0.05, 0.1) is 38.8 Å². The van der Waals surface area contributed by atoms with E-state index < -0.39 is 28.2 Å². The van der Waals surface area contributed by atoms with Crippen molar-refractivity contribution >= 4 is 38.2 Å². The van der Waals surface area contributed by atoms with Gasteiger partial charge in [0.25, 0.3) is 10.0 Å². The van der Waals surface area contributed by atoms with Gasteiger partial charge in [0.2, 0.25) is 5.95 Å². The number of aromatic nitrogens is 6. The summed E-state index contributed by atoms with van der Waals surface area (Å²) in [6.45, 7) is 0.143. The Morgan fingerprint density at radius 2 is 1.85 bits per heavy atom. The molecule has 12 nitrogen and oxygen atoms in total. The Morgan fingerprint density at radius 1 is 1.04 bits per heavy atom. The molecule has 14 heteroatoms. The van der Waals surface area contributed by atoms with Crippen LogP contribution in [0.1, 0.15) is 30.9 Å². The Labute approximate surface area is 261 Å². The predicted molar refractivity (Wildman–Crippen MR) is 167 cm³/mol. The minimum absolute atomic E-state index is 0.0190. The number of fused-ring (bicyclic) bond motifs is 6. The first-order valence-electron chi connectivity index (χ1n) is 14.8. The number of imidazole rings is 1. The molecule has 1 amide bonds. The molecule has 1 aliphatic heterocycles. The van der Waals surface area contributed by atoms with Crippen molar-refractivity contribution in [3.63, 3.8) is 0 Å². The first-order valence-corrected chi connectivity index (χ1v) is 16.3. The predicted octanol–water partition coefficient (Wildman–Crippen LogP) is 4.47. The molecule has 4 bridgehead atoms. The van der Waals surface area contributed by atoms with Gasteiger partial charge in [-0.2, -0.15) is 4.39 Å². The monoisotopic (exact) mass is 641 g/mol. The Hall–Kier alpha value is -5.24. The van der Waals surface area contributed by atoms with E-state index in [1.807, 2.05) is 6.07 Å². The molecule has 4 aromatic heterocycles. The van der Waals surface area contributed by atoms with Gasteiger partial charge in [-0.1, -0.05) is 36.4 Å². The second-order valence-corrected chi connectivity index (χ2v) is 13.6. The molecule has 1 unspecified atom stereocenters. The number of alkyl carbamates (subject to hydrolysis) is 1. The fourth-order valence-electron chi connectivity index (χ4n) is 6.92. The molecule has 1 saturated carbocycles. The van der Waals surface area contributed by atoms with Crippen LogP contribution in [0.2, 0.25) is 0 Å². The third-order valence-corrected chi connectivity index (χ3v) is 10.7. The number of ether oxygens (including phenoxy) is 1. The number of carbonyl (C=O) groups is 1. The van der Waals surface area contributed by atoms with Crippen molar-refractivity contribution in [1.29, 1.82) is 0 Å². The largest absolute Gasteiger partial charge is 0.446 e. The second kappa shape index (κ2) is 10.1. The Morgan fingerprint density at radius 3 is 2.61 bits per heavy atom. The lowest BCUT2D eigenvalue weighted by atomic mass is 9.97. The zero-order valence-corrected chi connectivity index (χ0v) is 25.7. The molecular formula is C32H28FN7O5S. The topological polar surface area (TPSA) is 135 Å². The quantitative estimate of drug-likeness (QED) is 0.301. The first kappa shape index (κ1) is 28.2. The summed E-state index contributed by atoms with van der Waals surface area (Å²) < 4.78 is 56.3. The molecule has 1 aliphatic carbocycles. The Kier molecular flexibility index (Phi) is 6.23. The zero-order chi connectivity index (χ0) is 31.9. The van der Waals surface area contributed by atoms with Gasteiger partial charge >= 0.3 is 11.8 Å². The van der Waals surface area contributed by atoms with Crippen LogP contribution >= 0.6 is 0 Å². The Balaban J connectivity index is 1.62. The van der Waals surface area contributed by atoms with Crippen molar-refractivity contribution in [2.24, 2.45) is 14.1 Å². The summed E-state index contributed by atoms with van der Waals surface area (Å²) in [5.41, 5.74) is 2.25. The van der Waals surface area contributed by atoms with E-state index in [0.29, 0.717) is 52.4 Å². The number of nitrogens with zero attached hydrogens (tertiary/aromatic N) is 6. The molecule has 2 aromatic carbocycles. The summed E-state index contributed by atoms with van der Waals surface area (Å²) in [5.74, 6) is -0.869. The number of benzene rings is 2. The number of halogens is 1. The van der Waals surface area contributed by atoms with Crippen LogP contribution in [0, 0.1) is 5.95 Å². The van der Waals surface area contributed by atoms with Gasteiger partial charge < -0.3 is 10.1 Å². The van der Waals surface area contributed by atoms with E-state index in [1.54, 1.807) is 55.1 Å². The molecule has 1 fully saturated rings. The average Bonchev–Trinajstić information content (AvgIpc) is 3.79. The van der Waals surface area contributed by atoms with Crippen molar-refractivity contribution in [3.8, 4) is 22.4 Å². The van der Waals surface area contributed by atoms with Crippen LogP contribution in [0.4, 0.5) is 9.18 Å². The summed E-state index contributed by atoms with van der Waals surface area (Å²) >= 11 is 0. The van der Waals surface area contributed by atoms with Crippen molar-refractivity contribution in [1.82, 2.24) is 33.2 Å². The number of hydrogen-bond acceptors (Lipinski definition) is 7. The van der Waals surface area contributed by atoms with Crippen molar-refractivity contribution in [2.75, 3.05) is 0 Å². The van der Waals surface area contributed by atoms with Gasteiger partial charge in [0, 0.05) is 44.9 Å². The number of amides is 1. The summed E-state index contributed by atoms with van der Waals surface area (Å²) in [5, 5.41) is 7.10. The lowest BCUT2D eigenvalue weighted by Gasteiger charge is -2.16. The molecular weight excluding hydrogens is 613 g/mol. The van der Waals surface area contributed by atoms with E-state index in [4.69, 9.17) is 4.74 Å². The first-order chi connectivity index (χ1) is 22.1. The van der Waals surface area contributed by atoms with Crippen LogP contribution in [0.3, 0.4) is 0 Å². The molecule has 2 aliphatic rings. The normalized spacial score (nSPS) is 18.2. The van der Waals surface area contributed by atoms with Gasteiger partial charge in [0.1, 0.15) is 6.10 Å². The smallest absolute Gasteiger partial charge is 0.407 e. The fraction of sp³-hybridized carbons (Fsp3) is 0.250. The number of carbonyl (C=O) groups excluding carboxylic acids is 1.